The van der Waals surface area contributed by atoms with Crippen LogP contribution in [-0.4, -0.2) is 48.9 Å². The summed E-state index contributed by atoms with van der Waals surface area (Å²) in [5, 5.41) is 24.7. The predicted molar refractivity (Wildman–Crippen MR) is 95.1 cm³/mol. The third-order valence-electron chi connectivity index (χ3n) is 3.75. The quantitative estimate of drug-likeness (QED) is 0.467. The Kier molecular flexibility index (Phi) is 4.70. The summed E-state index contributed by atoms with van der Waals surface area (Å²) < 4.78 is 23.0. The fourth-order valence-corrected chi connectivity index (χ4v) is 2.47. The zero-order valence-corrected chi connectivity index (χ0v) is 15.5. The Morgan fingerprint density at radius 1 is 1.07 bits per heavy atom. The van der Waals surface area contributed by atoms with Crippen LogP contribution in [0, 0.1) is 6.92 Å². The Hall–Kier alpha value is -3.76. The van der Waals surface area contributed by atoms with E-state index < -0.39 is 0 Å². The summed E-state index contributed by atoms with van der Waals surface area (Å²) in [5.74, 6) is 2.22. The molecule has 0 aliphatic heterocycles. The number of aryl methyl sites for hydroxylation is 1. The average molecular weight is 383 g/mol. The van der Waals surface area contributed by atoms with E-state index in [2.05, 4.69) is 30.7 Å². The third-order valence-corrected chi connectivity index (χ3v) is 3.75. The number of fused-ring (bicyclic) bond motifs is 1. The number of hydrogen-bond donors (Lipinski definition) is 0. The largest absolute Gasteiger partial charge is 0.491 e. The molecule has 0 amide bonds. The first-order valence-corrected chi connectivity index (χ1v) is 8.50. The molecule has 0 N–H and O–H groups in total. The lowest BCUT2D eigenvalue weighted by molar-refractivity contribution is 0.261. The van der Waals surface area contributed by atoms with Crippen LogP contribution in [-0.2, 0) is 6.61 Å². The molecule has 0 atom stereocenters. The number of nitrogens with zero attached hydrogens (tertiary/aromatic N) is 7. The van der Waals surface area contributed by atoms with Gasteiger partial charge in [0.15, 0.2) is 17.1 Å². The number of hydrogen-bond acceptors (Lipinski definition) is 10. The maximum absolute atomic E-state index is 5.79. The van der Waals surface area contributed by atoms with Gasteiger partial charge in [-0.25, -0.2) is 0 Å². The van der Waals surface area contributed by atoms with Gasteiger partial charge in [-0.2, -0.15) is 4.52 Å². The predicted octanol–water partition coefficient (Wildman–Crippen LogP) is 1.86. The van der Waals surface area contributed by atoms with Crippen LogP contribution in [0.2, 0.25) is 0 Å². The van der Waals surface area contributed by atoms with Crippen molar-refractivity contribution in [3.63, 3.8) is 0 Å². The van der Waals surface area contributed by atoms with Gasteiger partial charge >= 0.3 is 0 Å². The molecule has 4 rings (SSSR count). The highest BCUT2D eigenvalue weighted by atomic mass is 16.5. The molecule has 28 heavy (non-hydrogen) atoms. The van der Waals surface area contributed by atoms with Gasteiger partial charge < -0.3 is 18.7 Å². The summed E-state index contributed by atoms with van der Waals surface area (Å²) in [6.07, 6.45) is 0. The lowest BCUT2D eigenvalue weighted by Crippen LogP contribution is -2.06. The molecule has 11 heteroatoms. The zero-order valence-electron chi connectivity index (χ0n) is 15.5. The average Bonchev–Trinajstić information content (AvgIpc) is 3.32. The lowest BCUT2D eigenvalue weighted by atomic mass is 10.3. The Morgan fingerprint density at radius 3 is 2.64 bits per heavy atom. The standard InChI is InChI=1S/C17H17N7O4/c1-4-26-15-6-5-11(18-20-15)9-27-17-13(25-3)8-14-19-21-16(24(14)22-17)12-7-10(2)28-23-12/h5-8H,4,9H2,1-3H3. The second-order valence-corrected chi connectivity index (χ2v) is 5.72. The van der Waals surface area contributed by atoms with E-state index in [1.807, 2.05) is 6.92 Å². The van der Waals surface area contributed by atoms with Gasteiger partial charge in [0, 0.05) is 18.2 Å². The van der Waals surface area contributed by atoms with Crippen molar-refractivity contribution < 1.29 is 18.7 Å². The molecule has 0 spiro atoms. The maximum Gasteiger partial charge on any atom is 0.275 e. The Morgan fingerprint density at radius 2 is 1.96 bits per heavy atom. The molecule has 0 saturated heterocycles. The first-order chi connectivity index (χ1) is 13.7. The molecule has 0 unspecified atom stereocenters. The van der Waals surface area contributed by atoms with Crippen LogP contribution < -0.4 is 14.2 Å². The van der Waals surface area contributed by atoms with Gasteiger partial charge in [-0.05, 0) is 19.9 Å². The van der Waals surface area contributed by atoms with Gasteiger partial charge in [-0.15, -0.1) is 25.5 Å². The molecule has 4 aromatic heterocycles. The van der Waals surface area contributed by atoms with Gasteiger partial charge in [-0.1, -0.05) is 5.16 Å². The highest BCUT2D eigenvalue weighted by molar-refractivity contribution is 5.56. The zero-order chi connectivity index (χ0) is 19.5. The van der Waals surface area contributed by atoms with Crippen molar-refractivity contribution in [2.45, 2.75) is 20.5 Å². The molecule has 0 saturated carbocycles. The van der Waals surface area contributed by atoms with Crippen LogP contribution in [0.4, 0.5) is 0 Å². The minimum atomic E-state index is 0.148. The van der Waals surface area contributed by atoms with Crippen molar-refractivity contribution in [2.75, 3.05) is 13.7 Å². The van der Waals surface area contributed by atoms with E-state index in [1.54, 1.807) is 31.2 Å². The van der Waals surface area contributed by atoms with E-state index in [0.717, 1.165) is 0 Å². The van der Waals surface area contributed by atoms with E-state index in [4.69, 9.17) is 18.7 Å². The molecule has 0 fully saturated rings. The smallest absolute Gasteiger partial charge is 0.275 e. The number of rotatable bonds is 7. The second kappa shape index (κ2) is 7.47. The van der Waals surface area contributed by atoms with Crippen molar-refractivity contribution in [1.82, 2.24) is 35.2 Å². The van der Waals surface area contributed by atoms with Crippen molar-refractivity contribution >= 4 is 5.65 Å². The van der Waals surface area contributed by atoms with Gasteiger partial charge in [0.05, 0.1) is 13.7 Å². The molecule has 4 aromatic rings. The molecule has 0 bridgehead atoms. The van der Waals surface area contributed by atoms with Crippen LogP contribution in [0.15, 0.2) is 28.8 Å². The number of methoxy groups -OCH3 is 1. The van der Waals surface area contributed by atoms with Crippen molar-refractivity contribution in [3.05, 3.63) is 35.7 Å². The van der Waals surface area contributed by atoms with Gasteiger partial charge in [-0.3, -0.25) is 0 Å². The van der Waals surface area contributed by atoms with Crippen LogP contribution >= 0.6 is 0 Å². The fraction of sp³-hybridized carbons (Fsp3) is 0.294. The summed E-state index contributed by atoms with van der Waals surface area (Å²) >= 11 is 0. The Labute approximate surface area is 159 Å². The molecular formula is C17H17N7O4. The fourth-order valence-electron chi connectivity index (χ4n) is 2.47. The molecule has 144 valence electrons. The molecule has 0 aliphatic carbocycles. The van der Waals surface area contributed by atoms with Crippen LogP contribution in [0.3, 0.4) is 0 Å². The minimum absolute atomic E-state index is 0.148. The topological polar surface area (TPSA) is 123 Å². The summed E-state index contributed by atoms with van der Waals surface area (Å²) in [6, 6.07) is 6.92. The summed E-state index contributed by atoms with van der Waals surface area (Å²) in [6.45, 7) is 4.35. The summed E-state index contributed by atoms with van der Waals surface area (Å²) in [4.78, 5) is 0. The van der Waals surface area contributed by atoms with Crippen molar-refractivity contribution in [2.24, 2.45) is 0 Å². The first-order valence-electron chi connectivity index (χ1n) is 8.50. The maximum atomic E-state index is 5.79. The minimum Gasteiger partial charge on any atom is -0.491 e. The van der Waals surface area contributed by atoms with Crippen LogP contribution in [0.5, 0.6) is 17.5 Å². The molecule has 0 radical (unpaired) electrons. The summed E-state index contributed by atoms with van der Waals surface area (Å²) in [5.41, 5.74) is 1.62. The monoisotopic (exact) mass is 383 g/mol. The van der Waals surface area contributed by atoms with Crippen LogP contribution in [0.1, 0.15) is 18.4 Å². The lowest BCUT2D eigenvalue weighted by Gasteiger charge is -2.09. The van der Waals surface area contributed by atoms with Gasteiger partial charge in [0.2, 0.25) is 11.7 Å². The van der Waals surface area contributed by atoms with Crippen molar-refractivity contribution in [1.29, 1.82) is 0 Å². The third kappa shape index (κ3) is 3.41. The molecular weight excluding hydrogens is 366 g/mol. The Bertz CT molecular complexity index is 1090. The number of ether oxygens (including phenoxy) is 3. The SMILES string of the molecule is CCOc1ccc(COc2nn3c(-c4cc(C)on4)nnc3cc2OC)nn1. The highest BCUT2D eigenvalue weighted by Crippen LogP contribution is 2.28. The number of aromatic nitrogens is 7. The Balaban J connectivity index is 1.61. The normalized spacial score (nSPS) is 11.0. The van der Waals surface area contributed by atoms with Crippen LogP contribution in [0.25, 0.3) is 17.2 Å². The summed E-state index contributed by atoms with van der Waals surface area (Å²) in [7, 11) is 1.52. The molecule has 4 heterocycles. The van der Waals surface area contributed by atoms with Gasteiger partial charge in [0.25, 0.3) is 5.88 Å². The molecule has 0 aromatic carbocycles. The highest BCUT2D eigenvalue weighted by Gasteiger charge is 2.18. The van der Waals surface area contributed by atoms with E-state index >= 15 is 0 Å². The van der Waals surface area contributed by atoms with E-state index in [-0.39, 0.29) is 12.5 Å². The second-order valence-electron chi connectivity index (χ2n) is 5.72. The molecule has 0 aliphatic rings. The van der Waals surface area contributed by atoms with E-state index in [0.29, 0.717) is 46.9 Å². The van der Waals surface area contributed by atoms with E-state index in [9.17, 15) is 0 Å². The van der Waals surface area contributed by atoms with Crippen molar-refractivity contribution in [3.8, 4) is 29.0 Å². The van der Waals surface area contributed by atoms with E-state index in [1.165, 1.54) is 11.6 Å². The molecule has 11 nitrogen and oxygen atoms in total. The van der Waals surface area contributed by atoms with Gasteiger partial charge in [0.1, 0.15) is 18.1 Å². The first kappa shape index (κ1) is 17.6.